The van der Waals surface area contributed by atoms with Crippen molar-refractivity contribution >= 4 is 0 Å². The molecule has 1 aliphatic carbocycles. The lowest BCUT2D eigenvalue weighted by atomic mass is 9.98. The Bertz CT molecular complexity index is 373. The molecular weight excluding hydrogens is 331 g/mol. The van der Waals surface area contributed by atoms with Crippen LogP contribution >= 0.6 is 0 Å². The van der Waals surface area contributed by atoms with Gasteiger partial charge in [-0.2, -0.15) is 35.1 Å². The predicted molar refractivity (Wildman–Crippen MR) is 57.3 cm³/mol. The third-order valence-electron chi connectivity index (χ3n) is 3.63. The van der Waals surface area contributed by atoms with E-state index in [0.717, 1.165) is 0 Å². The molecule has 130 valence electrons. The van der Waals surface area contributed by atoms with Gasteiger partial charge in [-0.05, 0) is 31.1 Å². The van der Waals surface area contributed by atoms with Crippen LogP contribution in [0.15, 0.2) is 0 Å². The van der Waals surface area contributed by atoms with Gasteiger partial charge in [0.1, 0.15) is 0 Å². The summed E-state index contributed by atoms with van der Waals surface area (Å²) >= 11 is 0. The molecule has 1 aliphatic rings. The number of hydrogen-bond donors (Lipinski definition) is 0. The zero-order valence-electron chi connectivity index (χ0n) is 11.2. The van der Waals surface area contributed by atoms with E-state index in [2.05, 4.69) is 11.7 Å². The number of halogens is 9. The Morgan fingerprint density at radius 2 is 1.45 bits per heavy atom. The highest BCUT2D eigenvalue weighted by molar-refractivity contribution is 5.04. The Morgan fingerprint density at radius 1 is 1.00 bits per heavy atom. The van der Waals surface area contributed by atoms with Gasteiger partial charge in [0.2, 0.25) is 0 Å². The number of alkyl halides is 9. The molecule has 1 nitrogen and oxygen atoms in total. The van der Waals surface area contributed by atoms with Crippen LogP contribution in [0, 0.1) is 25.2 Å². The second kappa shape index (κ2) is 5.76. The smallest absolute Gasteiger partial charge is 0.313 e. The first-order chi connectivity index (χ1) is 9.69. The zero-order valence-corrected chi connectivity index (χ0v) is 11.2. The first-order valence-corrected chi connectivity index (χ1v) is 6.19. The summed E-state index contributed by atoms with van der Waals surface area (Å²) in [7, 11) is 0. The average Bonchev–Trinajstić information content (AvgIpc) is 2.66. The summed E-state index contributed by atoms with van der Waals surface area (Å²) < 4.78 is 118. The molecule has 0 heterocycles. The molecule has 0 spiro atoms. The van der Waals surface area contributed by atoms with Crippen molar-refractivity contribution in [3.63, 3.8) is 0 Å². The molecule has 0 amide bonds. The van der Waals surface area contributed by atoms with Gasteiger partial charge >= 0.3 is 24.1 Å². The van der Waals surface area contributed by atoms with Crippen molar-refractivity contribution in [1.82, 2.24) is 0 Å². The maximum Gasteiger partial charge on any atom is 0.440 e. The molecule has 0 aliphatic heterocycles. The molecule has 0 saturated heterocycles. The second-order valence-corrected chi connectivity index (χ2v) is 5.13. The molecule has 0 aromatic carbocycles. The molecule has 0 aromatic rings. The van der Waals surface area contributed by atoms with Crippen molar-refractivity contribution in [2.75, 3.05) is 0 Å². The molecule has 0 aromatic heterocycles. The fourth-order valence-electron chi connectivity index (χ4n) is 2.32. The Balaban J connectivity index is 3.19. The Hall–Kier alpha value is -0.670. The summed E-state index contributed by atoms with van der Waals surface area (Å²) in [6, 6.07) is 0. The summed E-state index contributed by atoms with van der Waals surface area (Å²) in [4.78, 5) is 0. The molecule has 3 unspecified atom stereocenters. The van der Waals surface area contributed by atoms with Gasteiger partial charge in [-0.1, -0.05) is 13.8 Å². The van der Waals surface area contributed by atoms with Crippen molar-refractivity contribution in [3.05, 3.63) is 13.3 Å². The standard InChI is InChI=1S/C12H13F9O/c1-3-7-5-4-6(2)8(7)22-12(20,21)9(13,10(14,15)16)11(17,18)19/h4,6-8H,1,3,5H2,2H3. The molecule has 0 N–H and O–H groups in total. The van der Waals surface area contributed by atoms with Crippen molar-refractivity contribution in [2.24, 2.45) is 11.8 Å². The molecule has 2 radical (unpaired) electrons. The average molecular weight is 344 g/mol. The lowest BCUT2D eigenvalue weighted by Gasteiger charge is -2.38. The first kappa shape index (κ1) is 19.4. The molecular formula is C12H13F9O. The normalized spacial score (nSPS) is 28.2. The van der Waals surface area contributed by atoms with Crippen LogP contribution in [0.2, 0.25) is 0 Å². The van der Waals surface area contributed by atoms with E-state index in [4.69, 9.17) is 0 Å². The third kappa shape index (κ3) is 3.03. The van der Waals surface area contributed by atoms with E-state index >= 15 is 0 Å². The second-order valence-electron chi connectivity index (χ2n) is 5.13. The number of rotatable bonds is 4. The van der Waals surface area contributed by atoms with E-state index in [1.165, 1.54) is 13.3 Å². The Labute approximate surface area is 120 Å². The van der Waals surface area contributed by atoms with Gasteiger partial charge in [-0.15, -0.1) is 0 Å². The van der Waals surface area contributed by atoms with Gasteiger partial charge < -0.3 is 4.74 Å². The molecule has 1 rings (SSSR count). The van der Waals surface area contributed by atoms with Gasteiger partial charge in [0.15, 0.2) is 0 Å². The monoisotopic (exact) mass is 344 g/mol. The van der Waals surface area contributed by atoms with Crippen LogP contribution in [-0.4, -0.2) is 30.2 Å². The topological polar surface area (TPSA) is 9.23 Å². The van der Waals surface area contributed by atoms with Crippen LogP contribution in [0.4, 0.5) is 39.5 Å². The largest absolute Gasteiger partial charge is 0.440 e. The lowest BCUT2D eigenvalue weighted by molar-refractivity contribution is -0.457. The van der Waals surface area contributed by atoms with Gasteiger partial charge in [0, 0.05) is 0 Å². The van der Waals surface area contributed by atoms with Crippen LogP contribution in [0.5, 0.6) is 0 Å². The highest BCUT2D eigenvalue weighted by atomic mass is 19.4. The van der Waals surface area contributed by atoms with Gasteiger partial charge in [-0.25, -0.2) is 4.39 Å². The van der Waals surface area contributed by atoms with E-state index < -0.39 is 42.1 Å². The summed E-state index contributed by atoms with van der Waals surface area (Å²) in [5, 5.41) is 0. The summed E-state index contributed by atoms with van der Waals surface area (Å²) in [6.07, 6.45) is -20.1. The quantitative estimate of drug-likeness (QED) is 0.661. The predicted octanol–water partition coefficient (Wildman–Crippen LogP) is 4.88. The van der Waals surface area contributed by atoms with Crippen molar-refractivity contribution in [1.29, 1.82) is 0 Å². The third-order valence-corrected chi connectivity index (χ3v) is 3.63. The molecule has 3 atom stereocenters. The minimum Gasteiger partial charge on any atom is -0.313 e. The van der Waals surface area contributed by atoms with Crippen molar-refractivity contribution in [2.45, 2.75) is 50.0 Å². The van der Waals surface area contributed by atoms with Gasteiger partial charge in [-0.3, -0.25) is 0 Å². The van der Waals surface area contributed by atoms with E-state index in [1.807, 2.05) is 0 Å². The van der Waals surface area contributed by atoms with Gasteiger partial charge in [0.25, 0.3) is 0 Å². The fraction of sp³-hybridized carbons (Fsp3) is 0.833. The zero-order chi connectivity index (χ0) is 17.6. The highest BCUT2D eigenvalue weighted by Crippen LogP contribution is 2.56. The van der Waals surface area contributed by atoms with Gasteiger partial charge in [0.05, 0.1) is 6.10 Å². The summed E-state index contributed by atoms with van der Waals surface area (Å²) in [5.74, 6) is -1.67. The summed E-state index contributed by atoms with van der Waals surface area (Å²) in [6.45, 7) is 4.63. The minimum absolute atomic E-state index is 0.0566. The molecule has 22 heavy (non-hydrogen) atoms. The van der Waals surface area contributed by atoms with E-state index in [1.54, 1.807) is 0 Å². The highest BCUT2D eigenvalue weighted by Gasteiger charge is 2.86. The van der Waals surface area contributed by atoms with Crippen LogP contribution < -0.4 is 0 Å². The SMILES string of the molecule is [CH2]CC1C[CH]C(C)C1OC(F)(F)C(F)(C(F)(F)F)C(F)(F)F. The lowest BCUT2D eigenvalue weighted by Crippen LogP contribution is -2.66. The summed E-state index contributed by atoms with van der Waals surface area (Å²) in [5.41, 5.74) is -6.79. The van der Waals surface area contributed by atoms with Crippen LogP contribution in [0.25, 0.3) is 0 Å². The van der Waals surface area contributed by atoms with E-state index in [-0.39, 0.29) is 12.8 Å². The molecule has 1 saturated carbocycles. The molecule has 0 bridgehead atoms. The fourth-order valence-corrected chi connectivity index (χ4v) is 2.32. The van der Waals surface area contributed by atoms with Crippen LogP contribution in [-0.2, 0) is 4.74 Å². The van der Waals surface area contributed by atoms with Crippen molar-refractivity contribution in [3.8, 4) is 0 Å². The number of hydrogen-bond acceptors (Lipinski definition) is 1. The first-order valence-electron chi connectivity index (χ1n) is 6.19. The van der Waals surface area contributed by atoms with Crippen LogP contribution in [0.1, 0.15) is 19.8 Å². The maximum atomic E-state index is 13.5. The Kier molecular flexibility index (Phi) is 5.07. The van der Waals surface area contributed by atoms with E-state index in [0.29, 0.717) is 0 Å². The maximum absolute atomic E-state index is 13.5. The van der Waals surface area contributed by atoms with E-state index in [9.17, 15) is 39.5 Å². The number of ether oxygens (including phenoxy) is 1. The minimum atomic E-state index is -6.89. The van der Waals surface area contributed by atoms with Crippen LogP contribution in [0.3, 0.4) is 0 Å². The van der Waals surface area contributed by atoms with Crippen molar-refractivity contribution < 1.29 is 44.3 Å². The Morgan fingerprint density at radius 3 is 1.82 bits per heavy atom. The molecule has 1 fully saturated rings. The molecule has 10 heteroatoms.